The molecule has 0 fully saturated rings. The topological polar surface area (TPSA) is 66.4 Å². The normalized spacial score (nSPS) is 12.9. The third-order valence-electron chi connectivity index (χ3n) is 3.62. The van der Waals surface area contributed by atoms with E-state index in [4.69, 9.17) is 0 Å². The first-order valence-corrected chi connectivity index (χ1v) is 9.39. The van der Waals surface area contributed by atoms with Gasteiger partial charge in [-0.2, -0.15) is 0 Å². The monoisotopic (exact) mass is 330 g/mol. The molecule has 0 aliphatic rings. The van der Waals surface area contributed by atoms with E-state index < -0.39 is 10.4 Å². The van der Waals surface area contributed by atoms with Crippen molar-refractivity contribution in [1.29, 1.82) is 0 Å². The Kier molecular flexibility index (Phi) is 18.1. The van der Waals surface area contributed by atoms with Crippen LogP contribution in [0.5, 0.6) is 0 Å². The Labute approximate surface area is 153 Å². The number of hydrogen-bond donors (Lipinski definition) is 0. The van der Waals surface area contributed by atoms with Gasteiger partial charge in [0, 0.05) is 0 Å². The summed E-state index contributed by atoms with van der Waals surface area (Å²) in [5, 5.41) is 0. The van der Waals surface area contributed by atoms with E-state index in [-0.39, 0.29) is 36.2 Å². The SMILES string of the molecule is CCCCCCCCC(C)CCCCCOS(=O)(=O)[O-].[Na+]. The molecule has 0 aromatic carbocycles. The maximum atomic E-state index is 10.2. The second kappa shape index (κ2) is 15.8. The molecule has 0 rings (SSSR count). The molecule has 0 saturated carbocycles. The first kappa shape index (κ1) is 24.1. The molecular weight excluding hydrogens is 299 g/mol. The number of hydrogen-bond acceptors (Lipinski definition) is 4. The van der Waals surface area contributed by atoms with Crippen molar-refractivity contribution >= 4 is 10.4 Å². The summed E-state index contributed by atoms with van der Waals surface area (Å²) in [6, 6.07) is 0. The van der Waals surface area contributed by atoms with Crippen molar-refractivity contribution < 1.29 is 46.7 Å². The van der Waals surface area contributed by atoms with E-state index in [1.807, 2.05) is 0 Å². The van der Waals surface area contributed by atoms with Gasteiger partial charge in [0.2, 0.25) is 10.4 Å². The van der Waals surface area contributed by atoms with E-state index in [9.17, 15) is 13.0 Å². The van der Waals surface area contributed by atoms with Crippen LogP contribution in [-0.4, -0.2) is 19.6 Å². The van der Waals surface area contributed by atoms with E-state index in [2.05, 4.69) is 18.0 Å². The average molecular weight is 330 g/mol. The van der Waals surface area contributed by atoms with Crippen LogP contribution in [0.1, 0.15) is 84.5 Å². The van der Waals surface area contributed by atoms with Crippen molar-refractivity contribution in [2.75, 3.05) is 6.61 Å². The van der Waals surface area contributed by atoms with Crippen LogP contribution < -0.4 is 29.6 Å². The van der Waals surface area contributed by atoms with E-state index in [1.54, 1.807) is 0 Å². The maximum absolute atomic E-state index is 10.2. The quantitative estimate of drug-likeness (QED) is 0.209. The Hall–Kier alpha value is 0.870. The van der Waals surface area contributed by atoms with Gasteiger partial charge < -0.3 is 4.55 Å². The minimum Gasteiger partial charge on any atom is -0.726 e. The molecule has 1 unspecified atom stereocenters. The van der Waals surface area contributed by atoms with Crippen LogP contribution in [0.3, 0.4) is 0 Å². The molecule has 1 atom stereocenters. The molecule has 6 heteroatoms. The Bertz CT molecular complexity index is 307. The van der Waals surface area contributed by atoms with Gasteiger partial charge in [0.05, 0.1) is 6.61 Å². The van der Waals surface area contributed by atoms with Gasteiger partial charge in [-0.05, 0) is 12.3 Å². The van der Waals surface area contributed by atoms with E-state index in [0.717, 1.165) is 18.8 Å². The number of unbranched alkanes of at least 4 members (excludes halogenated alkanes) is 7. The van der Waals surface area contributed by atoms with Crippen LogP contribution in [0.15, 0.2) is 0 Å². The van der Waals surface area contributed by atoms with Crippen LogP contribution in [-0.2, 0) is 14.6 Å². The summed E-state index contributed by atoms with van der Waals surface area (Å²) in [6.45, 7) is 4.54. The predicted octanol–water partition coefficient (Wildman–Crippen LogP) is 1.41. The molecule has 4 nitrogen and oxygen atoms in total. The van der Waals surface area contributed by atoms with Crippen LogP contribution >= 0.6 is 0 Å². The minimum absolute atomic E-state index is 0. The summed E-state index contributed by atoms with van der Waals surface area (Å²) in [4.78, 5) is 0. The second-order valence-corrected chi connectivity index (χ2v) is 6.79. The van der Waals surface area contributed by atoms with E-state index >= 15 is 0 Å². The minimum atomic E-state index is -4.50. The second-order valence-electron chi connectivity index (χ2n) is 5.74. The Morgan fingerprint density at radius 2 is 1.38 bits per heavy atom. The van der Waals surface area contributed by atoms with Crippen LogP contribution in [0.25, 0.3) is 0 Å². The van der Waals surface area contributed by atoms with Crippen molar-refractivity contribution in [2.24, 2.45) is 5.92 Å². The summed E-state index contributed by atoms with van der Waals surface area (Å²) in [5.74, 6) is 0.741. The third-order valence-corrected chi connectivity index (χ3v) is 4.07. The smallest absolute Gasteiger partial charge is 0.726 e. The summed E-state index contributed by atoms with van der Waals surface area (Å²) >= 11 is 0. The molecule has 0 spiro atoms. The molecular formula is C15H31NaO4S. The molecule has 0 saturated heterocycles. The summed E-state index contributed by atoms with van der Waals surface area (Å²) in [7, 11) is -4.50. The van der Waals surface area contributed by atoms with Gasteiger partial charge in [-0.1, -0.05) is 78.1 Å². The van der Waals surface area contributed by atoms with Gasteiger partial charge in [-0.25, -0.2) is 8.42 Å². The molecule has 0 N–H and O–H groups in total. The zero-order chi connectivity index (χ0) is 15.3. The average Bonchev–Trinajstić information content (AvgIpc) is 2.36. The molecule has 0 aliphatic heterocycles. The molecule has 0 aromatic rings. The van der Waals surface area contributed by atoms with Crippen molar-refractivity contribution in [2.45, 2.75) is 84.5 Å². The van der Waals surface area contributed by atoms with E-state index in [0.29, 0.717) is 6.42 Å². The Balaban J connectivity index is 0. The van der Waals surface area contributed by atoms with Gasteiger partial charge >= 0.3 is 29.6 Å². The Morgan fingerprint density at radius 1 is 0.905 bits per heavy atom. The Morgan fingerprint density at radius 3 is 1.90 bits per heavy atom. The largest absolute Gasteiger partial charge is 1.00 e. The zero-order valence-corrected chi connectivity index (χ0v) is 16.9. The summed E-state index contributed by atoms with van der Waals surface area (Å²) < 4.78 is 34.8. The standard InChI is InChI=1S/C15H32O4S.Na/c1-3-4-5-6-7-9-12-15(2)13-10-8-11-14-19-20(16,17)18;/h15H,3-14H2,1-2H3,(H,16,17,18);/q;+1/p-1. The van der Waals surface area contributed by atoms with Gasteiger partial charge in [-0.15, -0.1) is 0 Å². The molecule has 0 aromatic heterocycles. The summed E-state index contributed by atoms with van der Waals surface area (Å²) in [5.41, 5.74) is 0. The van der Waals surface area contributed by atoms with Crippen LogP contribution in [0, 0.1) is 5.92 Å². The fourth-order valence-electron chi connectivity index (χ4n) is 2.35. The third kappa shape index (κ3) is 20.9. The van der Waals surface area contributed by atoms with Crippen LogP contribution in [0.2, 0.25) is 0 Å². The molecule has 0 radical (unpaired) electrons. The molecule has 0 aliphatic carbocycles. The van der Waals surface area contributed by atoms with Gasteiger partial charge in [-0.3, -0.25) is 4.18 Å². The summed E-state index contributed by atoms with van der Waals surface area (Å²) in [6.07, 6.45) is 13.2. The van der Waals surface area contributed by atoms with Gasteiger partial charge in [0.15, 0.2) is 0 Å². The van der Waals surface area contributed by atoms with Crippen molar-refractivity contribution in [3.63, 3.8) is 0 Å². The van der Waals surface area contributed by atoms with E-state index in [1.165, 1.54) is 51.4 Å². The number of rotatable bonds is 14. The van der Waals surface area contributed by atoms with Crippen molar-refractivity contribution in [3.8, 4) is 0 Å². The fourth-order valence-corrected chi connectivity index (χ4v) is 2.67. The van der Waals surface area contributed by atoms with Gasteiger partial charge in [0.25, 0.3) is 0 Å². The van der Waals surface area contributed by atoms with Crippen LogP contribution in [0.4, 0.5) is 0 Å². The predicted molar refractivity (Wildman–Crippen MR) is 81.3 cm³/mol. The molecule has 0 heterocycles. The molecule has 0 amide bonds. The molecule has 0 bridgehead atoms. The van der Waals surface area contributed by atoms with Crippen molar-refractivity contribution in [3.05, 3.63) is 0 Å². The molecule has 122 valence electrons. The first-order chi connectivity index (χ1) is 9.45. The zero-order valence-electron chi connectivity index (χ0n) is 14.1. The first-order valence-electron chi connectivity index (χ1n) is 8.06. The fraction of sp³-hybridized carbons (Fsp3) is 1.00. The van der Waals surface area contributed by atoms with Crippen molar-refractivity contribution in [1.82, 2.24) is 0 Å². The van der Waals surface area contributed by atoms with Gasteiger partial charge in [0.1, 0.15) is 0 Å². The molecule has 21 heavy (non-hydrogen) atoms. The maximum Gasteiger partial charge on any atom is 1.00 e.